The number of aromatic nitrogens is 3. The summed E-state index contributed by atoms with van der Waals surface area (Å²) in [6.07, 6.45) is -1.43. The van der Waals surface area contributed by atoms with Crippen molar-refractivity contribution in [1.82, 2.24) is 14.8 Å². The Hall–Kier alpha value is -3.23. The molecule has 1 aromatic carbocycles. The molecule has 9 heteroatoms. The van der Waals surface area contributed by atoms with E-state index in [2.05, 4.69) is 10.1 Å². The van der Waals surface area contributed by atoms with E-state index in [9.17, 15) is 22.4 Å². The molecule has 0 unspecified atom stereocenters. The smallest absolute Gasteiger partial charge is 0.305 e. The quantitative estimate of drug-likeness (QED) is 0.565. The Morgan fingerprint density at radius 2 is 1.97 bits per heavy atom. The van der Waals surface area contributed by atoms with Gasteiger partial charge in [0.15, 0.2) is 0 Å². The molecule has 30 heavy (non-hydrogen) atoms. The first-order valence-electron chi connectivity index (χ1n) is 9.29. The molecule has 4 rings (SSSR count). The van der Waals surface area contributed by atoms with Crippen LogP contribution in [0.25, 0.3) is 11.1 Å². The van der Waals surface area contributed by atoms with Crippen LogP contribution >= 0.6 is 0 Å². The minimum Gasteiger partial charge on any atom is -0.305 e. The molecule has 3 aromatic rings. The molecule has 5 nitrogen and oxygen atoms in total. The number of anilines is 1. The van der Waals surface area contributed by atoms with Crippen molar-refractivity contribution >= 4 is 11.6 Å². The number of fused-ring (bicyclic) bond motifs is 1. The molecular formula is C21H18F4N4O. The molecule has 0 fully saturated rings. The van der Waals surface area contributed by atoms with E-state index in [0.717, 1.165) is 23.4 Å². The zero-order valence-corrected chi connectivity index (χ0v) is 16.2. The molecule has 1 atom stereocenters. The molecule has 0 saturated carbocycles. The third-order valence-electron chi connectivity index (χ3n) is 5.17. The van der Waals surface area contributed by atoms with Crippen LogP contribution in [0.2, 0.25) is 0 Å². The third-order valence-corrected chi connectivity index (χ3v) is 5.17. The zero-order valence-electron chi connectivity index (χ0n) is 16.2. The number of halogens is 4. The summed E-state index contributed by atoms with van der Waals surface area (Å²) in [6, 6.07) is 6.49. The van der Waals surface area contributed by atoms with Crippen LogP contribution in [-0.2, 0) is 12.9 Å². The molecule has 3 heterocycles. The summed E-state index contributed by atoms with van der Waals surface area (Å²) >= 11 is 0. The highest BCUT2D eigenvalue weighted by Gasteiger charge is 2.36. The predicted octanol–water partition coefficient (Wildman–Crippen LogP) is 4.96. The summed E-state index contributed by atoms with van der Waals surface area (Å²) < 4.78 is 54.3. The minimum absolute atomic E-state index is 0.208. The molecule has 0 aliphatic carbocycles. The van der Waals surface area contributed by atoms with Gasteiger partial charge >= 0.3 is 6.18 Å². The van der Waals surface area contributed by atoms with Crippen LogP contribution in [0, 0.1) is 6.92 Å². The lowest BCUT2D eigenvalue weighted by molar-refractivity contribution is -0.138. The lowest BCUT2D eigenvalue weighted by Gasteiger charge is -2.33. The van der Waals surface area contributed by atoms with E-state index in [1.165, 1.54) is 11.0 Å². The van der Waals surface area contributed by atoms with E-state index < -0.39 is 29.9 Å². The Morgan fingerprint density at radius 3 is 2.63 bits per heavy atom. The van der Waals surface area contributed by atoms with Crippen LogP contribution < -0.4 is 4.90 Å². The van der Waals surface area contributed by atoms with E-state index in [1.54, 1.807) is 23.1 Å². The standard InChI is InChI=1S/C21H18F4N4O/c1-12-7-14(5-6-26-12)17-10-27-29-13(2)11-28(20(30)19(17)29)16-3-4-18(21(23,24)25)15(8-16)9-22/h3-8,10,13H,9,11H2,1-2H3/t13-/m0/s1. The largest absolute Gasteiger partial charge is 0.416 e. The van der Waals surface area contributed by atoms with Gasteiger partial charge in [-0.05, 0) is 55.3 Å². The Kier molecular flexibility index (Phi) is 4.83. The number of carbonyl (C=O) groups excluding carboxylic acids is 1. The predicted molar refractivity (Wildman–Crippen MR) is 103 cm³/mol. The topological polar surface area (TPSA) is 51.0 Å². The number of hydrogen-bond acceptors (Lipinski definition) is 3. The van der Waals surface area contributed by atoms with E-state index in [4.69, 9.17) is 0 Å². The van der Waals surface area contributed by atoms with Gasteiger partial charge in [-0.1, -0.05) is 0 Å². The molecule has 0 radical (unpaired) electrons. The van der Waals surface area contributed by atoms with Gasteiger partial charge in [-0.15, -0.1) is 0 Å². The van der Waals surface area contributed by atoms with Crippen molar-refractivity contribution in [2.75, 3.05) is 11.4 Å². The van der Waals surface area contributed by atoms with Gasteiger partial charge in [0.05, 0.1) is 17.8 Å². The molecule has 0 spiro atoms. The summed E-state index contributed by atoms with van der Waals surface area (Å²) in [5.41, 5.74) is 1.17. The van der Waals surface area contributed by atoms with Crippen molar-refractivity contribution in [3.8, 4) is 11.1 Å². The van der Waals surface area contributed by atoms with Crippen molar-refractivity contribution in [3.05, 3.63) is 65.2 Å². The first kappa shape index (κ1) is 20.1. The number of pyridine rings is 1. The molecular weight excluding hydrogens is 400 g/mol. The fourth-order valence-corrected chi connectivity index (χ4v) is 3.74. The van der Waals surface area contributed by atoms with Gasteiger partial charge in [0.2, 0.25) is 0 Å². The van der Waals surface area contributed by atoms with Crippen LogP contribution in [-0.4, -0.2) is 27.2 Å². The monoisotopic (exact) mass is 418 g/mol. The highest BCUT2D eigenvalue weighted by molar-refractivity contribution is 6.09. The summed E-state index contributed by atoms with van der Waals surface area (Å²) in [6.45, 7) is 2.62. The second-order valence-electron chi connectivity index (χ2n) is 7.27. The Bertz CT molecular complexity index is 1120. The van der Waals surface area contributed by atoms with Crippen LogP contribution in [0.4, 0.5) is 23.2 Å². The molecule has 0 bridgehead atoms. The van der Waals surface area contributed by atoms with Crippen molar-refractivity contribution in [3.63, 3.8) is 0 Å². The van der Waals surface area contributed by atoms with Gasteiger partial charge in [0, 0.05) is 29.7 Å². The normalized spacial score (nSPS) is 16.7. The second-order valence-corrected chi connectivity index (χ2v) is 7.27. The fourth-order valence-electron chi connectivity index (χ4n) is 3.74. The first-order chi connectivity index (χ1) is 14.2. The second kappa shape index (κ2) is 7.23. The third kappa shape index (κ3) is 3.34. The summed E-state index contributed by atoms with van der Waals surface area (Å²) in [5.74, 6) is -0.403. The number of alkyl halides is 4. The number of carbonyl (C=O) groups is 1. The molecule has 0 saturated heterocycles. The molecule has 1 amide bonds. The van der Waals surface area contributed by atoms with Gasteiger partial charge < -0.3 is 4.90 Å². The Balaban J connectivity index is 1.78. The van der Waals surface area contributed by atoms with Crippen molar-refractivity contribution in [1.29, 1.82) is 0 Å². The van der Waals surface area contributed by atoms with E-state index in [0.29, 0.717) is 11.3 Å². The van der Waals surface area contributed by atoms with Crippen molar-refractivity contribution < 1.29 is 22.4 Å². The van der Waals surface area contributed by atoms with E-state index in [-0.39, 0.29) is 18.3 Å². The fraction of sp³-hybridized carbons (Fsp3) is 0.286. The summed E-state index contributed by atoms with van der Waals surface area (Å²) in [7, 11) is 0. The Morgan fingerprint density at radius 1 is 1.20 bits per heavy atom. The Labute approximate surface area is 170 Å². The van der Waals surface area contributed by atoms with Crippen molar-refractivity contribution in [2.45, 2.75) is 32.7 Å². The minimum atomic E-state index is -4.66. The van der Waals surface area contributed by atoms with Gasteiger partial charge in [-0.2, -0.15) is 18.3 Å². The number of benzene rings is 1. The van der Waals surface area contributed by atoms with Crippen LogP contribution in [0.3, 0.4) is 0 Å². The highest BCUT2D eigenvalue weighted by Crippen LogP contribution is 2.37. The SMILES string of the molecule is Cc1cc(-c2cnn3c2C(=O)N(c2ccc(C(F)(F)F)c(CF)c2)C[C@@H]3C)ccn1. The van der Waals surface area contributed by atoms with Gasteiger partial charge in [0.1, 0.15) is 12.4 Å². The van der Waals surface area contributed by atoms with Crippen LogP contribution in [0.5, 0.6) is 0 Å². The zero-order chi connectivity index (χ0) is 21.6. The number of rotatable bonds is 3. The maximum Gasteiger partial charge on any atom is 0.416 e. The number of amides is 1. The van der Waals surface area contributed by atoms with E-state index in [1.807, 2.05) is 19.9 Å². The van der Waals surface area contributed by atoms with Gasteiger partial charge in [-0.25, -0.2) is 4.39 Å². The average molecular weight is 418 g/mol. The summed E-state index contributed by atoms with van der Waals surface area (Å²) in [5, 5.41) is 4.34. The number of aryl methyl sites for hydroxylation is 1. The van der Waals surface area contributed by atoms with Crippen LogP contribution in [0.1, 0.15) is 40.3 Å². The lowest BCUT2D eigenvalue weighted by Crippen LogP contribution is -2.43. The molecule has 1 aliphatic rings. The lowest BCUT2D eigenvalue weighted by atomic mass is 10.0. The number of nitrogens with zero attached hydrogens (tertiary/aromatic N) is 4. The van der Waals surface area contributed by atoms with Gasteiger partial charge in [0.25, 0.3) is 5.91 Å². The summed E-state index contributed by atoms with van der Waals surface area (Å²) in [4.78, 5) is 18.8. The molecule has 2 aromatic heterocycles. The molecule has 1 aliphatic heterocycles. The first-order valence-corrected chi connectivity index (χ1v) is 9.29. The average Bonchev–Trinajstić information content (AvgIpc) is 3.15. The number of hydrogen-bond donors (Lipinski definition) is 0. The molecule has 156 valence electrons. The molecule has 0 N–H and O–H groups in total. The van der Waals surface area contributed by atoms with E-state index >= 15 is 0 Å². The van der Waals surface area contributed by atoms with Crippen LogP contribution in [0.15, 0.2) is 42.7 Å². The highest BCUT2D eigenvalue weighted by atomic mass is 19.4. The maximum absolute atomic E-state index is 13.3. The van der Waals surface area contributed by atoms with Crippen molar-refractivity contribution in [2.24, 2.45) is 0 Å². The maximum atomic E-state index is 13.3. The van der Waals surface area contributed by atoms with Gasteiger partial charge in [-0.3, -0.25) is 14.5 Å².